The zero-order valence-corrected chi connectivity index (χ0v) is 14.3. The van der Waals surface area contributed by atoms with Crippen molar-refractivity contribution in [1.82, 2.24) is 4.90 Å². The van der Waals surface area contributed by atoms with E-state index in [1.54, 1.807) is 0 Å². The normalized spacial score (nSPS) is 21.0. The molecule has 0 saturated carbocycles. The van der Waals surface area contributed by atoms with Crippen LogP contribution in [0.1, 0.15) is 43.6 Å². The van der Waals surface area contributed by atoms with Crippen molar-refractivity contribution in [2.45, 2.75) is 38.0 Å². The number of fused-ring (bicyclic) bond motifs is 1. The van der Waals surface area contributed by atoms with E-state index in [1.165, 1.54) is 0 Å². The molecule has 1 saturated heterocycles. The average Bonchev–Trinajstić information content (AvgIpc) is 2.60. The predicted octanol–water partition coefficient (Wildman–Crippen LogP) is 2.78. The molecular weight excluding hydrogens is 304 g/mol. The van der Waals surface area contributed by atoms with Crippen LogP contribution >= 0.6 is 0 Å². The van der Waals surface area contributed by atoms with E-state index in [1.807, 2.05) is 36.2 Å². The molecule has 5 nitrogen and oxygen atoms in total. The highest BCUT2D eigenvalue weighted by molar-refractivity contribution is 5.95. The number of carbonyl (C=O) groups excluding carboxylic acids is 2. The molecule has 2 heterocycles. The van der Waals surface area contributed by atoms with Gasteiger partial charge in [0.1, 0.15) is 0 Å². The zero-order chi connectivity index (χ0) is 16.9. The molecule has 3 rings (SSSR count). The minimum atomic E-state index is -0.0204. The van der Waals surface area contributed by atoms with Crippen LogP contribution in [0.5, 0.6) is 0 Å². The maximum absolute atomic E-state index is 12.6. The predicted molar refractivity (Wildman–Crippen MR) is 92.8 cm³/mol. The van der Waals surface area contributed by atoms with Crippen molar-refractivity contribution >= 4 is 17.5 Å². The van der Waals surface area contributed by atoms with Crippen LogP contribution in [-0.2, 0) is 14.3 Å². The fourth-order valence-electron chi connectivity index (χ4n) is 3.59. The highest BCUT2D eigenvalue weighted by atomic mass is 16.5. The largest absolute Gasteiger partial charge is 0.381 e. The van der Waals surface area contributed by atoms with Gasteiger partial charge in [0, 0.05) is 51.3 Å². The van der Waals surface area contributed by atoms with Crippen LogP contribution < -0.4 is 5.32 Å². The number of amides is 2. The van der Waals surface area contributed by atoms with Gasteiger partial charge >= 0.3 is 0 Å². The van der Waals surface area contributed by atoms with Crippen molar-refractivity contribution in [3.05, 3.63) is 29.8 Å². The molecule has 2 aliphatic rings. The van der Waals surface area contributed by atoms with Gasteiger partial charge in [-0.05, 0) is 36.8 Å². The van der Waals surface area contributed by atoms with E-state index < -0.39 is 0 Å². The number of hydrogen-bond donors (Lipinski definition) is 1. The molecule has 0 radical (unpaired) electrons. The molecule has 1 atom stereocenters. The molecule has 1 N–H and O–H groups in total. The maximum Gasteiger partial charge on any atom is 0.225 e. The molecule has 0 spiro atoms. The van der Waals surface area contributed by atoms with E-state index >= 15 is 0 Å². The summed E-state index contributed by atoms with van der Waals surface area (Å²) in [6.07, 6.45) is 4.01. The van der Waals surface area contributed by atoms with Crippen molar-refractivity contribution in [3.63, 3.8) is 0 Å². The Bertz CT molecular complexity index is 596. The molecule has 130 valence electrons. The average molecular weight is 330 g/mol. The lowest BCUT2D eigenvalue weighted by Crippen LogP contribution is -2.32. The van der Waals surface area contributed by atoms with E-state index in [0.717, 1.165) is 50.3 Å². The number of nitrogens with one attached hydrogen (secondary N) is 1. The third-order valence-electron chi connectivity index (χ3n) is 5.17. The number of para-hydroxylation sites is 1. The van der Waals surface area contributed by atoms with Gasteiger partial charge in [-0.2, -0.15) is 0 Å². The molecule has 1 aromatic rings. The second-order valence-electron chi connectivity index (χ2n) is 6.90. The number of nitrogens with zero attached hydrogens (tertiary/aromatic N) is 1. The summed E-state index contributed by atoms with van der Waals surface area (Å²) in [7, 11) is 1.87. The molecule has 2 aliphatic heterocycles. The Kier molecular flexibility index (Phi) is 5.51. The van der Waals surface area contributed by atoms with Gasteiger partial charge < -0.3 is 15.0 Å². The van der Waals surface area contributed by atoms with E-state index in [0.29, 0.717) is 18.8 Å². The van der Waals surface area contributed by atoms with Crippen molar-refractivity contribution in [2.24, 2.45) is 5.92 Å². The second-order valence-corrected chi connectivity index (χ2v) is 6.90. The number of benzene rings is 1. The van der Waals surface area contributed by atoms with Crippen LogP contribution in [0.25, 0.3) is 0 Å². The van der Waals surface area contributed by atoms with E-state index in [9.17, 15) is 9.59 Å². The number of carbonyl (C=O) groups is 2. The van der Waals surface area contributed by atoms with Gasteiger partial charge in [-0.3, -0.25) is 9.59 Å². The van der Waals surface area contributed by atoms with Crippen LogP contribution in [-0.4, -0.2) is 43.5 Å². The number of anilines is 1. The molecule has 0 aromatic heterocycles. The molecule has 24 heavy (non-hydrogen) atoms. The fraction of sp³-hybridized carbons (Fsp3) is 0.579. The smallest absolute Gasteiger partial charge is 0.225 e. The first kappa shape index (κ1) is 17.0. The highest BCUT2D eigenvalue weighted by Crippen LogP contribution is 2.34. The number of ether oxygens (including phenoxy) is 1. The fourth-order valence-corrected chi connectivity index (χ4v) is 3.59. The topological polar surface area (TPSA) is 58.6 Å². The SMILES string of the molecule is CN(CCC1CCOCC1)C(=O)CC1CC(=O)Nc2ccccc21. The lowest BCUT2D eigenvalue weighted by molar-refractivity contribution is -0.130. The lowest BCUT2D eigenvalue weighted by Gasteiger charge is -2.28. The van der Waals surface area contributed by atoms with Gasteiger partial charge in [-0.1, -0.05) is 18.2 Å². The molecule has 5 heteroatoms. The Morgan fingerprint density at radius 1 is 1.29 bits per heavy atom. The Hall–Kier alpha value is -1.88. The third kappa shape index (κ3) is 4.15. The minimum Gasteiger partial charge on any atom is -0.381 e. The summed E-state index contributed by atoms with van der Waals surface area (Å²) >= 11 is 0. The zero-order valence-electron chi connectivity index (χ0n) is 14.3. The third-order valence-corrected chi connectivity index (χ3v) is 5.17. The molecule has 2 amide bonds. The van der Waals surface area contributed by atoms with Gasteiger partial charge in [0.25, 0.3) is 0 Å². The monoisotopic (exact) mass is 330 g/mol. The molecule has 0 bridgehead atoms. The maximum atomic E-state index is 12.6. The quantitative estimate of drug-likeness (QED) is 0.903. The Morgan fingerprint density at radius 3 is 2.83 bits per heavy atom. The molecule has 1 aromatic carbocycles. The summed E-state index contributed by atoms with van der Waals surface area (Å²) < 4.78 is 5.38. The summed E-state index contributed by atoms with van der Waals surface area (Å²) in [5, 5.41) is 2.88. The van der Waals surface area contributed by atoms with Crippen molar-refractivity contribution < 1.29 is 14.3 Å². The molecular formula is C19H26N2O3. The van der Waals surface area contributed by atoms with Gasteiger partial charge in [-0.25, -0.2) is 0 Å². The summed E-state index contributed by atoms with van der Waals surface area (Å²) in [4.78, 5) is 26.3. The first-order valence-electron chi connectivity index (χ1n) is 8.84. The molecule has 0 aliphatic carbocycles. The van der Waals surface area contributed by atoms with Gasteiger partial charge in [0.15, 0.2) is 0 Å². The van der Waals surface area contributed by atoms with Crippen LogP contribution in [0.4, 0.5) is 5.69 Å². The summed E-state index contributed by atoms with van der Waals surface area (Å²) in [5.41, 5.74) is 1.92. The van der Waals surface area contributed by atoms with Gasteiger partial charge in [-0.15, -0.1) is 0 Å². The number of rotatable bonds is 5. The van der Waals surface area contributed by atoms with E-state index in [-0.39, 0.29) is 17.7 Å². The van der Waals surface area contributed by atoms with Crippen LogP contribution in [0.2, 0.25) is 0 Å². The van der Waals surface area contributed by atoms with Gasteiger partial charge in [0.05, 0.1) is 0 Å². The Morgan fingerprint density at radius 2 is 2.04 bits per heavy atom. The number of hydrogen-bond acceptors (Lipinski definition) is 3. The Labute approximate surface area is 143 Å². The standard InChI is InChI=1S/C19H26N2O3/c1-21(9-6-14-7-10-24-11-8-14)19(23)13-15-12-18(22)20-17-5-3-2-4-16(15)17/h2-5,14-15H,6-13H2,1H3,(H,20,22). The summed E-state index contributed by atoms with van der Waals surface area (Å²) in [5.74, 6) is 0.760. The van der Waals surface area contributed by atoms with Crippen molar-refractivity contribution in [2.75, 3.05) is 32.1 Å². The van der Waals surface area contributed by atoms with Crippen molar-refractivity contribution in [1.29, 1.82) is 0 Å². The summed E-state index contributed by atoms with van der Waals surface area (Å²) in [6, 6.07) is 7.78. The second kappa shape index (κ2) is 7.79. The van der Waals surface area contributed by atoms with Crippen LogP contribution in [0, 0.1) is 5.92 Å². The highest BCUT2D eigenvalue weighted by Gasteiger charge is 2.27. The van der Waals surface area contributed by atoms with E-state index in [4.69, 9.17) is 4.74 Å². The van der Waals surface area contributed by atoms with Crippen LogP contribution in [0.3, 0.4) is 0 Å². The Balaban J connectivity index is 1.55. The first-order chi connectivity index (χ1) is 11.6. The van der Waals surface area contributed by atoms with Crippen molar-refractivity contribution in [3.8, 4) is 0 Å². The first-order valence-corrected chi connectivity index (χ1v) is 8.84. The molecule has 1 fully saturated rings. The van der Waals surface area contributed by atoms with E-state index in [2.05, 4.69) is 5.32 Å². The minimum absolute atomic E-state index is 0.00337. The van der Waals surface area contributed by atoms with Gasteiger partial charge in [0.2, 0.25) is 11.8 Å². The molecule has 1 unspecified atom stereocenters. The van der Waals surface area contributed by atoms with Crippen LogP contribution in [0.15, 0.2) is 24.3 Å². The lowest BCUT2D eigenvalue weighted by atomic mass is 9.87. The summed E-state index contributed by atoms with van der Waals surface area (Å²) in [6.45, 7) is 2.47.